The van der Waals surface area contributed by atoms with Crippen LogP contribution in [0.15, 0.2) is 53.3 Å². The third-order valence-electron chi connectivity index (χ3n) is 3.49. The van der Waals surface area contributed by atoms with Crippen molar-refractivity contribution in [2.75, 3.05) is 7.05 Å². The molecule has 96 valence electrons. The third-order valence-corrected chi connectivity index (χ3v) is 3.49. The summed E-state index contributed by atoms with van der Waals surface area (Å²) in [6.45, 7) is 1.99. The van der Waals surface area contributed by atoms with Gasteiger partial charge in [-0.1, -0.05) is 18.2 Å². The van der Waals surface area contributed by atoms with E-state index in [2.05, 4.69) is 22.4 Å². The van der Waals surface area contributed by atoms with E-state index in [1.54, 1.807) is 6.26 Å². The van der Waals surface area contributed by atoms with Crippen LogP contribution in [-0.4, -0.2) is 12.0 Å². The molecule has 3 heteroatoms. The molecule has 1 atom stereocenters. The fourth-order valence-electron chi connectivity index (χ4n) is 2.55. The molecule has 0 amide bonds. The van der Waals surface area contributed by atoms with E-state index in [-0.39, 0.29) is 6.04 Å². The maximum absolute atomic E-state index is 5.43. The molecule has 0 spiro atoms. The van der Waals surface area contributed by atoms with E-state index in [0.29, 0.717) is 0 Å². The number of rotatable bonds is 3. The molecular weight excluding hydrogens is 236 g/mol. The van der Waals surface area contributed by atoms with Gasteiger partial charge in [0, 0.05) is 17.1 Å². The quantitative estimate of drug-likeness (QED) is 0.776. The lowest BCUT2D eigenvalue weighted by atomic mass is 9.95. The zero-order valence-corrected chi connectivity index (χ0v) is 11.1. The average Bonchev–Trinajstić information content (AvgIpc) is 2.86. The summed E-state index contributed by atoms with van der Waals surface area (Å²) >= 11 is 0. The van der Waals surface area contributed by atoms with Crippen molar-refractivity contribution < 1.29 is 4.42 Å². The van der Waals surface area contributed by atoms with Crippen molar-refractivity contribution in [3.8, 4) is 0 Å². The fraction of sp³-hybridized carbons (Fsp3) is 0.188. The zero-order valence-electron chi connectivity index (χ0n) is 11.1. The van der Waals surface area contributed by atoms with Crippen LogP contribution in [0.1, 0.15) is 22.9 Å². The number of hydrogen-bond acceptors (Lipinski definition) is 3. The Labute approximate surface area is 112 Å². The molecule has 3 aromatic rings. The highest BCUT2D eigenvalue weighted by molar-refractivity contribution is 5.83. The minimum absolute atomic E-state index is 0.117. The van der Waals surface area contributed by atoms with Crippen LogP contribution in [0, 0.1) is 6.92 Å². The molecule has 3 nitrogen and oxygen atoms in total. The van der Waals surface area contributed by atoms with E-state index in [1.165, 1.54) is 16.5 Å². The Morgan fingerprint density at radius 1 is 1.11 bits per heavy atom. The molecule has 0 saturated heterocycles. The number of hydrogen-bond donors (Lipinski definition) is 1. The summed E-state index contributed by atoms with van der Waals surface area (Å²) in [5, 5.41) is 4.54. The molecule has 2 aromatic heterocycles. The molecule has 1 N–H and O–H groups in total. The van der Waals surface area contributed by atoms with Crippen LogP contribution in [0.3, 0.4) is 0 Å². The minimum Gasteiger partial charge on any atom is -0.469 e. The summed E-state index contributed by atoms with van der Waals surface area (Å²) in [4.78, 5) is 4.41. The number of nitrogens with one attached hydrogen (secondary N) is 1. The number of benzene rings is 1. The Hall–Kier alpha value is -2.13. The van der Waals surface area contributed by atoms with Gasteiger partial charge in [-0.2, -0.15) is 0 Å². The van der Waals surface area contributed by atoms with Crippen molar-refractivity contribution >= 4 is 10.9 Å². The minimum atomic E-state index is 0.117. The summed E-state index contributed by atoms with van der Waals surface area (Å²) in [7, 11) is 1.96. The Morgan fingerprint density at radius 2 is 2.00 bits per heavy atom. The maximum atomic E-state index is 5.43. The number of nitrogens with zero attached hydrogens (tertiary/aromatic N) is 1. The molecule has 1 aromatic carbocycles. The number of aromatic nitrogens is 1. The topological polar surface area (TPSA) is 38.1 Å². The predicted molar refractivity (Wildman–Crippen MR) is 76.1 cm³/mol. The first-order valence-electron chi connectivity index (χ1n) is 6.36. The molecule has 0 fully saturated rings. The lowest BCUT2D eigenvalue weighted by Gasteiger charge is -2.18. The Bertz CT molecular complexity index is 697. The van der Waals surface area contributed by atoms with Crippen molar-refractivity contribution in [1.29, 1.82) is 0 Å². The van der Waals surface area contributed by atoms with Crippen molar-refractivity contribution in [3.63, 3.8) is 0 Å². The molecule has 2 heterocycles. The lowest BCUT2D eigenvalue weighted by molar-refractivity contribution is 0.523. The van der Waals surface area contributed by atoms with Crippen molar-refractivity contribution in [2.45, 2.75) is 13.0 Å². The smallest absolute Gasteiger partial charge is 0.105 e. The van der Waals surface area contributed by atoms with E-state index in [0.717, 1.165) is 11.3 Å². The predicted octanol–water partition coefficient (Wildman–Crippen LogP) is 3.45. The van der Waals surface area contributed by atoms with Crippen LogP contribution in [0.2, 0.25) is 0 Å². The molecule has 0 bridgehead atoms. The molecule has 19 heavy (non-hydrogen) atoms. The van der Waals surface area contributed by atoms with E-state index >= 15 is 0 Å². The summed E-state index contributed by atoms with van der Waals surface area (Å²) in [5.74, 6) is 0.945. The van der Waals surface area contributed by atoms with Crippen LogP contribution in [0.5, 0.6) is 0 Å². The van der Waals surface area contributed by atoms with Crippen LogP contribution >= 0.6 is 0 Å². The summed E-state index contributed by atoms with van der Waals surface area (Å²) in [5.41, 5.74) is 3.40. The number of furan rings is 1. The summed E-state index contributed by atoms with van der Waals surface area (Å²) < 4.78 is 5.43. The number of fused-ring (bicyclic) bond motifs is 1. The number of aryl methyl sites for hydroxylation is 1. The summed E-state index contributed by atoms with van der Waals surface area (Å²) in [6, 6.07) is 12.4. The van der Waals surface area contributed by atoms with Gasteiger partial charge in [-0.15, -0.1) is 0 Å². The first-order valence-corrected chi connectivity index (χ1v) is 6.36. The van der Waals surface area contributed by atoms with Gasteiger partial charge in [0.1, 0.15) is 5.76 Å². The van der Waals surface area contributed by atoms with Gasteiger partial charge >= 0.3 is 0 Å². The molecular formula is C16H16N2O. The van der Waals surface area contributed by atoms with Gasteiger partial charge in [-0.25, -0.2) is 0 Å². The lowest BCUT2D eigenvalue weighted by Crippen LogP contribution is -2.18. The third kappa shape index (κ3) is 2.02. The van der Waals surface area contributed by atoms with Gasteiger partial charge in [0.25, 0.3) is 0 Å². The normalized spacial score (nSPS) is 12.7. The van der Waals surface area contributed by atoms with Gasteiger partial charge in [-0.05, 0) is 37.7 Å². The van der Waals surface area contributed by atoms with Gasteiger partial charge in [0.2, 0.25) is 0 Å². The van der Waals surface area contributed by atoms with E-state index < -0.39 is 0 Å². The highest BCUT2D eigenvalue weighted by atomic mass is 16.3. The van der Waals surface area contributed by atoms with Gasteiger partial charge in [0.05, 0.1) is 17.8 Å². The van der Waals surface area contributed by atoms with Crippen molar-refractivity contribution in [2.24, 2.45) is 0 Å². The van der Waals surface area contributed by atoms with E-state index in [9.17, 15) is 0 Å². The SMILES string of the molecule is CNC(c1ccoc1C)c1cccc2ncccc12. The van der Waals surface area contributed by atoms with Crippen LogP contribution in [0.4, 0.5) is 0 Å². The first-order chi connectivity index (χ1) is 9.31. The molecule has 0 saturated carbocycles. The standard InChI is InChI=1S/C16H16N2O/c1-11-12(8-10-19-11)16(17-2)14-5-3-7-15-13(14)6-4-9-18-15/h3-10,16-17H,1-2H3. The summed E-state index contributed by atoms with van der Waals surface area (Å²) in [6.07, 6.45) is 3.56. The first kappa shape index (κ1) is 11.9. The monoisotopic (exact) mass is 252 g/mol. The van der Waals surface area contributed by atoms with E-state index in [1.807, 2.05) is 44.4 Å². The zero-order chi connectivity index (χ0) is 13.2. The van der Waals surface area contributed by atoms with Crippen molar-refractivity contribution in [1.82, 2.24) is 10.3 Å². The second-order valence-corrected chi connectivity index (χ2v) is 4.57. The molecule has 3 rings (SSSR count). The molecule has 1 unspecified atom stereocenters. The molecule has 0 aliphatic carbocycles. The Morgan fingerprint density at radius 3 is 2.74 bits per heavy atom. The Kier molecular flexibility index (Phi) is 3.05. The van der Waals surface area contributed by atoms with Gasteiger partial charge < -0.3 is 9.73 Å². The van der Waals surface area contributed by atoms with Gasteiger partial charge in [0.15, 0.2) is 0 Å². The van der Waals surface area contributed by atoms with Crippen LogP contribution < -0.4 is 5.32 Å². The largest absolute Gasteiger partial charge is 0.469 e. The molecule has 0 aliphatic heterocycles. The van der Waals surface area contributed by atoms with Crippen LogP contribution in [0.25, 0.3) is 10.9 Å². The Balaban J connectivity index is 2.20. The molecule has 0 radical (unpaired) electrons. The van der Waals surface area contributed by atoms with Crippen molar-refractivity contribution in [3.05, 3.63) is 65.7 Å². The average molecular weight is 252 g/mol. The fourth-order valence-corrected chi connectivity index (χ4v) is 2.55. The number of pyridine rings is 1. The second kappa shape index (κ2) is 4.86. The van der Waals surface area contributed by atoms with Crippen LogP contribution in [-0.2, 0) is 0 Å². The highest BCUT2D eigenvalue weighted by Crippen LogP contribution is 2.30. The maximum Gasteiger partial charge on any atom is 0.105 e. The second-order valence-electron chi connectivity index (χ2n) is 4.57. The highest BCUT2D eigenvalue weighted by Gasteiger charge is 2.18. The van der Waals surface area contributed by atoms with E-state index in [4.69, 9.17) is 4.42 Å². The van der Waals surface area contributed by atoms with Gasteiger partial charge in [-0.3, -0.25) is 4.98 Å². The molecule has 0 aliphatic rings.